The highest BCUT2D eigenvalue weighted by atomic mass is 16.5. The lowest BCUT2D eigenvalue weighted by Gasteiger charge is -2.06. The van der Waals surface area contributed by atoms with E-state index in [0.29, 0.717) is 28.5 Å². The molecule has 22 heavy (non-hydrogen) atoms. The lowest BCUT2D eigenvalue weighted by molar-refractivity contribution is 0.0950. The van der Waals surface area contributed by atoms with E-state index in [0.717, 1.165) is 0 Å². The number of ether oxygens (including phenoxy) is 1. The Bertz CT molecular complexity index is 768. The van der Waals surface area contributed by atoms with E-state index in [-0.39, 0.29) is 12.5 Å². The number of hydrogen-bond donors (Lipinski definition) is 2. The van der Waals surface area contributed by atoms with Crippen LogP contribution in [0.3, 0.4) is 0 Å². The van der Waals surface area contributed by atoms with Crippen LogP contribution in [0.25, 0.3) is 11.3 Å². The van der Waals surface area contributed by atoms with E-state index in [4.69, 9.17) is 9.26 Å². The fraction of sp³-hybridized carbons (Fsp3) is 0.154. The SMILES string of the molecule is COc1ccccc1-c1oncc1C(=O)NCc1nn[nH]n1. The summed E-state index contributed by atoms with van der Waals surface area (Å²) in [5.74, 6) is 0.949. The van der Waals surface area contributed by atoms with E-state index in [1.165, 1.54) is 6.20 Å². The second kappa shape index (κ2) is 6.04. The number of H-pyrrole nitrogens is 1. The summed E-state index contributed by atoms with van der Waals surface area (Å²) >= 11 is 0. The summed E-state index contributed by atoms with van der Waals surface area (Å²) in [6.07, 6.45) is 1.35. The number of nitrogens with zero attached hydrogens (tertiary/aromatic N) is 4. The van der Waals surface area contributed by atoms with Crippen LogP contribution >= 0.6 is 0 Å². The zero-order chi connectivity index (χ0) is 15.4. The predicted molar refractivity (Wildman–Crippen MR) is 73.8 cm³/mol. The maximum atomic E-state index is 12.3. The van der Waals surface area contributed by atoms with Crippen LogP contribution in [0.1, 0.15) is 16.2 Å². The van der Waals surface area contributed by atoms with Gasteiger partial charge < -0.3 is 14.6 Å². The second-order valence-corrected chi connectivity index (χ2v) is 4.28. The topological polar surface area (TPSA) is 119 Å². The highest BCUT2D eigenvalue weighted by Crippen LogP contribution is 2.31. The number of para-hydroxylation sites is 1. The fourth-order valence-electron chi connectivity index (χ4n) is 1.94. The standard InChI is InChI=1S/C13H12N6O3/c1-21-10-5-3-2-4-8(10)12-9(6-15-22-12)13(20)14-7-11-16-18-19-17-11/h2-6H,7H2,1H3,(H,14,20)(H,16,17,18,19). The number of hydrogen-bond acceptors (Lipinski definition) is 7. The van der Waals surface area contributed by atoms with Crippen molar-refractivity contribution in [3.05, 3.63) is 41.9 Å². The Morgan fingerprint density at radius 1 is 1.41 bits per heavy atom. The van der Waals surface area contributed by atoms with E-state index in [1.54, 1.807) is 19.2 Å². The minimum atomic E-state index is -0.355. The quantitative estimate of drug-likeness (QED) is 0.715. The maximum Gasteiger partial charge on any atom is 0.257 e. The van der Waals surface area contributed by atoms with Crippen molar-refractivity contribution in [1.82, 2.24) is 31.1 Å². The minimum absolute atomic E-state index is 0.145. The highest BCUT2D eigenvalue weighted by Gasteiger charge is 2.20. The smallest absolute Gasteiger partial charge is 0.257 e. The van der Waals surface area contributed by atoms with Gasteiger partial charge in [0.1, 0.15) is 11.3 Å². The summed E-state index contributed by atoms with van der Waals surface area (Å²) in [4.78, 5) is 12.3. The Balaban J connectivity index is 1.84. The molecule has 0 saturated heterocycles. The molecular formula is C13H12N6O3. The van der Waals surface area contributed by atoms with Crippen molar-refractivity contribution >= 4 is 5.91 Å². The number of carbonyl (C=O) groups excluding carboxylic acids is 1. The molecule has 0 unspecified atom stereocenters. The zero-order valence-electron chi connectivity index (χ0n) is 11.6. The molecule has 0 atom stereocenters. The molecule has 9 heteroatoms. The average Bonchev–Trinajstić information content (AvgIpc) is 3.23. The summed E-state index contributed by atoms with van der Waals surface area (Å²) in [5.41, 5.74) is 0.945. The van der Waals surface area contributed by atoms with Crippen molar-refractivity contribution in [2.24, 2.45) is 0 Å². The molecule has 0 aliphatic rings. The molecule has 3 aromatic rings. The number of tetrazole rings is 1. The van der Waals surface area contributed by atoms with Crippen LogP contribution in [0.2, 0.25) is 0 Å². The van der Waals surface area contributed by atoms with Crippen molar-refractivity contribution in [2.45, 2.75) is 6.54 Å². The van der Waals surface area contributed by atoms with Crippen LogP contribution < -0.4 is 10.1 Å². The number of amides is 1. The van der Waals surface area contributed by atoms with Crippen molar-refractivity contribution in [3.8, 4) is 17.1 Å². The van der Waals surface area contributed by atoms with E-state index in [2.05, 4.69) is 31.1 Å². The molecule has 2 heterocycles. The number of methoxy groups -OCH3 is 1. The summed E-state index contributed by atoms with van der Waals surface area (Å²) < 4.78 is 10.5. The summed E-state index contributed by atoms with van der Waals surface area (Å²) in [7, 11) is 1.55. The van der Waals surface area contributed by atoms with Gasteiger partial charge in [-0.1, -0.05) is 22.5 Å². The third kappa shape index (κ3) is 2.64. The minimum Gasteiger partial charge on any atom is -0.496 e. The lowest BCUT2D eigenvalue weighted by atomic mass is 10.1. The van der Waals surface area contributed by atoms with Crippen molar-refractivity contribution in [3.63, 3.8) is 0 Å². The van der Waals surface area contributed by atoms with E-state index in [9.17, 15) is 4.79 Å². The van der Waals surface area contributed by atoms with E-state index < -0.39 is 0 Å². The molecule has 1 aromatic carbocycles. The molecule has 0 aliphatic carbocycles. The molecule has 112 valence electrons. The Morgan fingerprint density at radius 2 is 2.27 bits per heavy atom. The van der Waals surface area contributed by atoms with Crippen LogP contribution in [-0.2, 0) is 6.54 Å². The van der Waals surface area contributed by atoms with Crippen molar-refractivity contribution < 1.29 is 14.1 Å². The third-order valence-electron chi connectivity index (χ3n) is 2.96. The highest BCUT2D eigenvalue weighted by molar-refractivity contribution is 5.99. The van der Waals surface area contributed by atoms with Gasteiger partial charge in [0.2, 0.25) is 0 Å². The fourth-order valence-corrected chi connectivity index (χ4v) is 1.94. The molecule has 0 radical (unpaired) electrons. The third-order valence-corrected chi connectivity index (χ3v) is 2.96. The number of rotatable bonds is 5. The van der Waals surface area contributed by atoms with E-state index >= 15 is 0 Å². The first-order valence-electron chi connectivity index (χ1n) is 6.38. The van der Waals surface area contributed by atoms with Crippen LogP contribution in [0.15, 0.2) is 35.0 Å². The molecule has 0 spiro atoms. The molecule has 0 fully saturated rings. The van der Waals surface area contributed by atoms with Gasteiger partial charge in [0.25, 0.3) is 5.91 Å². The van der Waals surface area contributed by atoms with Gasteiger partial charge in [-0.15, -0.1) is 10.2 Å². The first kappa shape index (κ1) is 13.7. The normalized spacial score (nSPS) is 10.4. The van der Waals surface area contributed by atoms with Crippen LogP contribution in [0.5, 0.6) is 5.75 Å². The Hall–Kier alpha value is -3.23. The Morgan fingerprint density at radius 3 is 3.05 bits per heavy atom. The van der Waals surface area contributed by atoms with Crippen LogP contribution in [0, 0.1) is 0 Å². The summed E-state index contributed by atoms with van der Waals surface area (Å²) in [5, 5.41) is 19.6. The van der Waals surface area contributed by atoms with Crippen LogP contribution in [0.4, 0.5) is 0 Å². The summed E-state index contributed by atoms with van der Waals surface area (Å²) in [6.45, 7) is 0.145. The number of aromatic nitrogens is 5. The largest absolute Gasteiger partial charge is 0.496 e. The molecule has 1 amide bonds. The maximum absolute atomic E-state index is 12.3. The van der Waals surface area contributed by atoms with Gasteiger partial charge in [0.05, 0.1) is 25.4 Å². The van der Waals surface area contributed by atoms with Gasteiger partial charge >= 0.3 is 0 Å². The number of aromatic amines is 1. The van der Waals surface area contributed by atoms with Gasteiger partial charge in [-0.05, 0) is 12.1 Å². The van der Waals surface area contributed by atoms with Crippen LogP contribution in [-0.4, -0.2) is 38.8 Å². The Kier molecular flexibility index (Phi) is 3.77. The van der Waals surface area contributed by atoms with Gasteiger partial charge in [-0.25, -0.2) is 0 Å². The lowest BCUT2D eigenvalue weighted by Crippen LogP contribution is -2.23. The molecule has 0 bridgehead atoms. The average molecular weight is 300 g/mol. The van der Waals surface area contributed by atoms with Gasteiger partial charge in [0.15, 0.2) is 11.6 Å². The van der Waals surface area contributed by atoms with Crippen molar-refractivity contribution in [1.29, 1.82) is 0 Å². The van der Waals surface area contributed by atoms with E-state index in [1.807, 2.05) is 12.1 Å². The molecule has 2 N–H and O–H groups in total. The molecule has 3 rings (SSSR count). The molecule has 9 nitrogen and oxygen atoms in total. The summed E-state index contributed by atoms with van der Waals surface area (Å²) in [6, 6.07) is 7.21. The second-order valence-electron chi connectivity index (χ2n) is 4.28. The predicted octanol–water partition coefficient (Wildman–Crippen LogP) is 0.793. The number of carbonyl (C=O) groups is 1. The number of benzene rings is 1. The molecule has 2 aromatic heterocycles. The zero-order valence-corrected chi connectivity index (χ0v) is 11.6. The van der Waals surface area contributed by atoms with Gasteiger partial charge in [0, 0.05) is 0 Å². The monoisotopic (exact) mass is 300 g/mol. The molecular weight excluding hydrogens is 288 g/mol. The first-order valence-corrected chi connectivity index (χ1v) is 6.38. The van der Waals surface area contributed by atoms with Crippen molar-refractivity contribution in [2.75, 3.05) is 7.11 Å². The Labute approximate surface area is 124 Å². The molecule has 0 aliphatic heterocycles. The molecule has 0 saturated carbocycles. The van der Waals surface area contributed by atoms with Gasteiger partial charge in [-0.2, -0.15) is 5.21 Å². The van der Waals surface area contributed by atoms with Gasteiger partial charge in [-0.3, -0.25) is 4.79 Å². The number of nitrogens with one attached hydrogen (secondary N) is 2. The first-order chi connectivity index (χ1) is 10.8.